The molecule has 0 bridgehead atoms. The van der Waals surface area contributed by atoms with Crippen LogP contribution >= 0.6 is 0 Å². The van der Waals surface area contributed by atoms with Crippen LogP contribution in [0.1, 0.15) is 32.1 Å². The first kappa shape index (κ1) is 12.5. The molecule has 0 saturated carbocycles. The molecule has 0 radical (unpaired) electrons. The molecule has 4 rings (SSSR count). The molecule has 5 heteroatoms. The van der Waals surface area contributed by atoms with E-state index in [0.29, 0.717) is 22.5 Å². The molecule has 3 aromatic rings. The van der Waals surface area contributed by atoms with Crippen molar-refractivity contribution in [1.29, 1.82) is 0 Å². The summed E-state index contributed by atoms with van der Waals surface area (Å²) < 4.78 is 0. The third-order valence-corrected chi connectivity index (χ3v) is 3.55. The number of benzene rings is 1. The fourth-order valence-corrected chi connectivity index (χ4v) is 2.49. The van der Waals surface area contributed by atoms with E-state index in [1.807, 2.05) is 6.07 Å². The molecule has 1 aromatic carbocycles. The van der Waals surface area contributed by atoms with Gasteiger partial charge in [0.1, 0.15) is 17.1 Å². The molecule has 1 aliphatic rings. The molecular formula is C17H9N3O2. The molecule has 0 aliphatic heterocycles. The fourth-order valence-electron chi connectivity index (χ4n) is 2.49. The molecule has 0 saturated heterocycles. The second-order valence-corrected chi connectivity index (χ2v) is 4.87. The van der Waals surface area contributed by atoms with Crippen molar-refractivity contribution in [3.8, 4) is 11.4 Å². The van der Waals surface area contributed by atoms with Crippen LogP contribution in [0.3, 0.4) is 0 Å². The van der Waals surface area contributed by atoms with Crippen LogP contribution in [0.15, 0.2) is 54.9 Å². The number of hydrogen-bond donors (Lipinski definition) is 0. The zero-order chi connectivity index (χ0) is 15.1. The molecular weight excluding hydrogens is 278 g/mol. The number of aromatic nitrogens is 3. The number of pyridine rings is 1. The number of ketones is 2. The van der Waals surface area contributed by atoms with Gasteiger partial charge in [0.25, 0.3) is 0 Å². The zero-order valence-electron chi connectivity index (χ0n) is 11.4. The van der Waals surface area contributed by atoms with Gasteiger partial charge < -0.3 is 0 Å². The Kier molecular flexibility index (Phi) is 2.66. The van der Waals surface area contributed by atoms with Crippen molar-refractivity contribution in [3.63, 3.8) is 0 Å². The van der Waals surface area contributed by atoms with Gasteiger partial charge in [-0.2, -0.15) is 0 Å². The van der Waals surface area contributed by atoms with Gasteiger partial charge in [-0.15, -0.1) is 0 Å². The minimum absolute atomic E-state index is 0.0897. The lowest BCUT2D eigenvalue weighted by Crippen LogP contribution is -2.23. The number of nitrogens with zero attached hydrogens (tertiary/aromatic N) is 3. The Balaban J connectivity index is 1.91. The quantitative estimate of drug-likeness (QED) is 0.537. The van der Waals surface area contributed by atoms with E-state index in [9.17, 15) is 9.59 Å². The summed E-state index contributed by atoms with van der Waals surface area (Å²) in [6.45, 7) is 0. The van der Waals surface area contributed by atoms with Crippen molar-refractivity contribution >= 4 is 11.6 Å². The third kappa shape index (κ3) is 1.76. The van der Waals surface area contributed by atoms with Crippen LogP contribution in [0.25, 0.3) is 11.4 Å². The van der Waals surface area contributed by atoms with Gasteiger partial charge in [-0.3, -0.25) is 14.6 Å². The standard InChI is InChI=1S/C17H9N3O2/c21-16-10-5-1-2-6-11(10)17(22)15-14(16)19-9-13(20-15)12-7-3-4-8-18-12/h1-9H. The van der Waals surface area contributed by atoms with E-state index in [0.717, 1.165) is 0 Å². The maximum Gasteiger partial charge on any atom is 0.214 e. The first-order valence-corrected chi connectivity index (χ1v) is 6.72. The number of rotatable bonds is 1. The number of carbonyl (C=O) groups is 2. The second-order valence-electron chi connectivity index (χ2n) is 4.87. The third-order valence-electron chi connectivity index (χ3n) is 3.55. The fraction of sp³-hybridized carbons (Fsp3) is 0. The van der Waals surface area contributed by atoms with Gasteiger partial charge in [-0.25, -0.2) is 9.97 Å². The van der Waals surface area contributed by atoms with Crippen molar-refractivity contribution in [2.45, 2.75) is 0 Å². The number of carbonyl (C=O) groups excluding carboxylic acids is 2. The van der Waals surface area contributed by atoms with Gasteiger partial charge in [-0.1, -0.05) is 30.3 Å². The minimum atomic E-state index is -0.282. The monoisotopic (exact) mass is 287 g/mol. The lowest BCUT2D eigenvalue weighted by atomic mass is 9.90. The summed E-state index contributed by atoms with van der Waals surface area (Å²) in [6.07, 6.45) is 3.11. The summed E-state index contributed by atoms with van der Waals surface area (Å²) in [5.74, 6) is -0.555. The number of hydrogen-bond acceptors (Lipinski definition) is 5. The molecule has 2 aromatic heterocycles. The van der Waals surface area contributed by atoms with Crippen LogP contribution in [-0.4, -0.2) is 26.5 Å². The van der Waals surface area contributed by atoms with E-state index < -0.39 is 0 Å². The Hall–Kier alpha value is -3.21. The van der Waals surface area contributed by atoms with Crippen LogP contribution in [-0.2, 0) is 0 Å². The average Bonchev–Trinajstić information content (AvgIpc) is 2.60. The van der Waals surface area contributed by atoms with Crippen LogP contribution in [0.2, 0.25) is 0 Å². The van der Waals surface area contributed by atoms with Crippen molar-refractivity contribution in [2.75, 3.05) is 0 Å². The zero-order valence-corrected chi connectivity index (χ0v) is 11.4. The maximum absolute atomic E-state index is 12.6. The highest BCUT2D eigenvalue weighted by Crippen LogP contribution is 2.26. The highest BCUT2D eigenvalue weighted by atomic mass is 16.1. The predicted molar refractivity (Wildman–Crippen MR) is 78.6 cm³/mol. The minimum Gasteiger partial charge on any atom is -0.287 e. The molecule has 22 heavy (non-hydrogen) atoms. The highest BCUT2D eigenvalue weighted by Gasteiger charge is 2.32. The Morgan fingerprint density at radius 1 is 0.682 bits per heavy atom. The molecule has 0 unspecified atom stereocenters. The SMILES string of the molecule is O=C1c2ccccc2C(=O)c2nc(-c3ccccn3)cnc21. The normalized spacial score (nSPS) is 12.7. The summed E-state index contributed by atoms with van der Waals surface area (Å²) in [5.41, 5.74) is 2.01. The largest absolute Gasteiger partial charge is 0.287 e. The van der Waals surface area contributed by atoms with Gasteiger partial charge in [0, 0.05) is 17.3 Å². The number of fused-ring (bicyclic) bond motifs is 2. The first-order valence-electron chi connectivity index (χ1n) is 6.72. The van der Waals surface area contributed by atoms with E-state index in [1.54, 1.807) is 42.6 Å². The van der Waals surface area contributed by atoms with E-state index in [-0.39, 0.29) is 23.0 Å². The maximum atomic E-state index is 12.6. The molecule has 0 spiro atoms. The molecule has 104 valence electrons. The van der Waals surface area contributed by atoms with Crippen LogP contribution < -0.4 is 0 Å². The van der Waals surface area contributed by atoms with Crippen molar-refractivity contribution in [3.05, 3.63) is 77.4 Å². The smallest absolute Gasteiger partial charge is 0.214 e. The van der Waals surface area contributed by atoms with Crippen LogP contribution in [0, 0.1) is 0 Å². The van der Waals surface area contributed by atoms with Crippen LogP contribution in [0.4, 0.5) is 0 Å². The molecule has 1 aliphatic carbocycles. The summed E-state index contributed by atoms with van der Waals surface area (Å²) in [4.78, 5) is 37.7. The Morgan fingerprint density at radius 2 is 1.36 bits per heavy atom. The Labute approximate surface area is 125 Å². The summed E-state index contributed by atoms with van der Waals surface area (Å²) >= 11 is 0. The molecule has 5 nitrogen and oxygen atoms in total. The van der Waals surface area contributed by atoms with Crippen molar-refractivity contribution in [2.24, 2.45) is 0 Å². The lowest BCUT2D eigenvalue weighted by molar-refractivity contribution is 0.0971. The second kappa shape index (κ2) is 4.66. The van der Waals surface area contributed by atoms with Crippen LogP contribution in [0.5, 0.6) is 0 Å². The summed E-state index contributed by atoms with van der Waals surface area (Å²) in [6, 6.07) is 12.1. The van der Waals surface area contributed by atoms with Crippen molar-refractivity contribution < 1.29 is 9.59 Å². The van der Waals surface area contributed by atoms with Gasteiger partial charge >= 0.3 is 0 Å². The van der Waals surface area contributed by atoms with Gasteiger partial charge in [0.15, 0.2) is 0 Å². The highest BCUT2D eigenvalue weighted by molar-refractivity contribution is 6.26. The van der Waals surface area contributed by atoms with Gasteiger partial charge in [-0.05, 0) is 12.1 Å². The Morgan fingerprint density at radius 3 is 2.05 bits per heavy atom. The van der Waals surface area contributed by atoms with E-state index in [4.69, 9.17) is 0 Å². The molecule has 0 atom stereocenters. The Bertz CT molecular complexity index is 920. The van der Waals surface area contributed by atoms with Crippen molar-refractivity contribution in [1.82, 2.24) is 15.0 Å². The molecule has 0 N–H and O–H groups in total. The molecule has 0 fully saturated rings. The lowest BCUT2D eigenvalue weighted by Gasteiger charge is -2.15. The first-order chi connectivity index (χ1) is 10.8. The van der Waals surface area contributed by atoms with E-state index >= 15 is 0 Å². The average molecular weight is 287 g/mol. The molecule has 2 heterocycles. The van der Waals surface area contributed by atoms with Gasteiger partial charge in [0.2, 0.25) is 11.6 Å². The van der Waals surface area contributed by atoms with E-state index in [2.05, 4.69) is 15.0 Å². The molecule has 0 amide bonds. The van der Waals surface area contributed by atoms with E-state index in [1.165, 1.54) is 6.20 Å². The summed E-state index contributed by atoms with van der Waals surface area (Å²) in [7, 11) is 0. The summed E-state index contributed by atoms with van der Waals surface area (Å²) in [5, 5.41) is 0. The topological polar surface area (TPSA) is 72.8 Å². The predicted octanol–water partition coefficient (Wildman–Crippen LogP) is 2.31. The van der Waals surface area contributed by atoms with Gasteiger partial charge in [0.05, 0.1) is 11.9 Å².